The highest BCUT2D eigenvalue weighted by Gasteiger charge is 2.62. The van der Waals surface area contributed by atoms with E-state index in [1.54, 1.807) is 17.2 Å². The summed E-state index contributed by atoms with van der Waals surface area (Å²) in [5, 5.41) is 3.14. The van der Waals surface area contributed by atoms with Crippen molar-refractivity contribution in [1.29, 1.82) is 0 Å². The number of amides is 2. The lowest BCUT2D eigenvalue weighted by Gasteiger charge is -2.32. The number of hydrogen-bond donors (Lipinski definition) is 1. The van der Waals surface area contributed by atoms with Gasteiger partial charge in [0, 0.05) is 5.69 Å². The fourth-order valence-corrected chi connectivity index (χ4v) is 5.18. The van der Waals surface area contributed by atoms with Crippen molar-refractivity contribution in [3.05, 3.63) is 101 Å². The molecule has 2 aromatic carbocycles. The molecule has 2 amide bonds. The van der Waals surface area contributed by atoms with Gasteiger partial charge in [0.25, 0.3) is 5.91 Å². The number of carbonyl (C=O) groups excluding carboxylic acids is 2. The van der Waals surface area contributed by atoms with Crippen molar-refractivity contribution >= 4 is 17.5 Å². The molecular formula is C31H36N2O3. The number of nitrogens with one attached hydrogen (secondary N) is 1. The smallest absolute Gasteiger partial charge is 0.251 e. The van der Waals surface area contributed by atoms with Crippen LogP contribution in [0.1, 0.15) is 56.2 Å². The molecule has 1 heterocycles. The van der Waals surface area contributed by atoms with Gasteiger partial charge in [-0.25, -0.2) is 0 Å². The molecule has 0 bridgehead atoms. The van der Waals surface area contributed by atoms with Gasteiger partial charge in [-0.15, -0.1) is 0 Å². The molecule has 3 atom stereocenters. The van der Waals surface area contributed by atoms with Gasteiger partial charge in [0.15, 0.2) is 0 Å². The minimum Gasteiger partial charge on any atom is -0.467 e. The minimum atomic E-state index is -0.813. The van der Waals surface area contributed by atoms with Gasteiger partial charge in [0.2, 0.25) is 5.91 Å². The summed E-state index contributed by atoms with van der Waals surface area (Å²) in [6.07, 6.45) is 3.78. The van der Waals surface area contributed by atoms with Crippen LogP contribution in [-0.4, -0.2) is 16.7 Å². The zero-order valence-corrected chi connectivity index (χ0v) is 22.0. The van der Waals surface area contributed by atoms with E-state index in [0.29, 0.717) is 5.76 Å². The highest BCUT2D eigenvalue weighted by Crippen LogP contribution is 2.60. The molecule has 0 unspecified atom stereocenters. The van der Waals surface area contributed by atoms with E-state index in [2.05, 4.69) is 39.1 Å². The van der Waals surface area contributed by atoms with Gasteiger partial charge in [0.05, 0.1) is 18.7 Å². The number of benzene rings is 2. The van der Waals surface area contributed by atoms with Crippen LogP contribution < -0.4 is 5.32 Å². The Bertz CT molecular complexity index is 1230. The van der Waals surface area contributed by atoms with Gasteiger partial charge in [-0.1, -0.05) is 74.0 Å². The summed E-state index contributed by atoms with van der Waals surface area (Å²) in [5.74, 6) is 0.287. The second-order valence-corrected chi connectivity index (χ2v) is 10.7. The second kappa shape index (κ2) is 10.2. The van der Waals surface area contributed by atoms with E-state index < -0.39 is 6.04 Å². The monoisotopic (exact) mass is 484 g/mol. The van der Waals surface area contributed by atoms with E-state index in [-0.39, 0.29) is 35.6 Å². The predicted octanol–water partition coefficient (Wildman–Crippen LogP) is 6.84. The number of aryl methyl sites for hydroxylation is 2. The molecule has 5 heteroatoms. The molecule has 1 fully saturated rings. The summed E-state index contributed by atoms with van der Waals surface area (Å²) < 4.78 is 5.64. The van der Waals surface area contributed by atoms with E-state index in [1.807, 2.05) is 68.4 Å². The van der Waals surface area contributed by atoms with Crippen LogP contribution >= 0.6 is 0 Å². The van der Waals surface area contributed by atoms with E-state index in [0.717, 1.165) is 22.4 Å². The summed E-state index contributed by atoms with van der Waals surface area (Å²) in [4.78, 5) is 29.9. The van der Waals surface area contributed by atoms with Crippen molar-refractivity contribution in [3.8, 4) is 0 Å². The molecule has 1 aromatic heterocycles. The van der Waals surface area contributed by atoms with Crippen LogP contribution in [0.3, 0.4) is 0 Å². The fraction of sp³-hybridized carbons (Fsp3) is 0.355. The van der Waals surface area contributed by atoms with Crippen LogP contribution in [0, 0.1) is 31.1 Å². The summed E-state index contributed by atoms with van der Waals surface area (Å²) >= 11 is 0. The number of allylic oxidation sites excluding steroid dienone is 2. The molecule has 188 valence electrons. The lowest BCUT2D eigenvalue weighted by molar-refractivity contribution is -0.142. The van der Waals surface area contributed by atoms with Gasteiger partial charge in [-0.05, 0) is 67.9 Å². The minimum absolute atomic E-state index is 0.0376. The molecule has 0 aliphatic heterocycles. The molecule has 0 saturated heterocycles. The first kappa shape index (κ1) is 25.5. The predicted molar refractivity (Wildman–Crippen MR) is 143 cm³/mol. The first-order valence-electron chi connectivity index (χ1n) is 12.5. The Balaban J connectivity index is 1.76. The Morgan fingerprint density at radius 3 is 2.25 bits per heavy atom. The quantitative estimate of drug-likeness (QED) is 0.356. The number of furan rings is 1. The summed E-state index contributed by atoms with van der Waals surface area (Å²) in [5.41, 5.74) is 4.51. The third kappa shape index (κ3) is 5.15. The normalized spacial score (nSPS) is 18.7. The van der Waals surface area contributed by atoms with Gasteiger partial charge in [-0.2, -0.15) is 0 Å². The van der Waals surface area contributed by atoms with Gasteiger partial charge < -0.3 is 14.6 Å². The van der Waals surface area contributed by atoms with Crippen LogP contribution in [0.4, 0.5) is 5.69 Å². The maximum atomic E-state index is 14.2. The van der Waals surface area contributed by atoms with Crippen LogP contribution in [0.25, 0.3) is 0 Å². The van der Waals surface area contributed by atoms with E-state index in [9.17, 15) is 9.59 Å². The molecule has 1 aliphatic carbocycles. The zero-order chi connectivity index (χ0) is 26.0. The zero-order valence-electron chi connectivity index (χ0n) is 22.0. The van der Waals surface area contributed by atoms with Gasteiger partial charge in [-0.3, -0.25) is 9.59 Å². The lowest BCUT2D eigenvalue weighted by atomic mass is 10.0. The van der Waals surface area contributed by atoms with E-state index in [1.165, 1.54) is 5.57 Å². The van der Waals surface area contributed by atoms with Crippen LogP contribution in [0.5, 0.6) is 0 Å². The number of hydrogen-bond acceptors (Lipinski definition) is 3. The maximum absolute atomic E-state index is 14.2. The average molecular weight is 485 g/mol. The SMILES string of the molecule is CC(C)=C[C@@H]1[C@@H](C(=O)N(Cc2ccco2)[C@H](C(=O)Nc2c(C)cccc2C)c2ccccc2)C1(C)C. The highest BCUT2D eigenvalue weighted by atomic mass is 16.3. The van der Waals surface area contributed by atoms with Crippen molar-refractivity contribution in [2.75, 3.05) is 5.32 Å². The van der Waals surface area contributed by atoms with Crippen LogP contribution in [0.2, 0.25) is 0 Å². The van der Waals surface area contributed by atoms with Crippen molar-refractivity contribution < 1.29 is 14.0 Å². The van der Waals surface area contributed by atoms with Crippen LogP contribution in [-0.2, 0) is 16.1 Å². The Labute approximate surface area is 214 Å². The third-order valence-electron chi connectivity index (χ3n) is 7.28. The lowest BCUT2D eigenvalue weighted by Crippen LogP contribution is -2.42. The number of anilines is 1. The Morgan fingerprint density at radius 1 is 1.00 bits per heavy atom. The van der Waals surface area contributed by atoms with Crippen molar-refractivity contribution in [1.82, 2.24) is 4.90 Å². The number of nitrogens with zero attached hydrogens (tertiary/aromatic N) is 1. The molecule has 4 rings (SSSR count). The largest absolute Gasteiger partial charge is 0.467 e. The molecule has 36 heavy (non-hydrogen) atoms. The average Bonchev–Trinajstić information content (AvgIpc) is 3.14. The van der Waals surface area contributed by atoms with Gasteiger partial charge in [0.1, 0.15) is 11.8 Å². The highest BCUT2D eigenvalue weighted by molar-refractivity contribution is 5.99. The molecular weight excluding hydrogens is 448 g/mol. The summed E-state index contributed by atoms with van der Waals surface area (Å²) in [6, 6.07) is 18.3. The maximum Gasteiger partial charge on any atom is 0.251 e. The van der Waals surface area contributed by atoms with E-state index in [4.69, 9.17) is 4.42 Å². The van der Waals surface area contributed by atoms with Gasteiger partial charge >= 0.3 is 0 Å². The molecule has 1 aliphatic rings. The molecule has 1 N–H and O–H groups in total. The molecule has 3 aromatic rings. The number of rotatable bonds is 8. The molecule has 0 radical (unpaired) electrons. The van der Waals surface area contributed by atoms with Crippen molar-refractivity contribution in [3.63, 3.8) is 0 Å². The first-order chi connectivity index (χ1) is 17.1. The van der Waals surface area contributed by atoms with Crippen molar-refractivity contribution in [2.24, 2.45) is 17.3 Å². The van der Waals surface area contributed by atoms with E-state index >= 15 is 0 Å². The Morgan fingerprint density at radius 2 is 1.67 bits per heavy atom. The molecule has 5 nitrogen and oxygen atoms in total. The fourth-order valence-electron chi connectivity index (χ4n) is 5.18. The summed E-state index contributed by atoms with van der Waals surface area (Å²) in [6.45, 7) is 12.5. The molecule has 1 saturated carbocycles. The Kier molecular flexibility index (Phi) is 7.21. The summed E-state index contributed by atoms with van der Waals surface area (Å²) in [7, 11) is 0. The van der Waals surface area contributed by atoms with Crippen molar-refractivity contribution in [2.45, 2.75) is 54.1 Å². The topological polar surface area (TPSA) is 62.6 Å². The third-order valence-corrected chi connectivity index (χ3v) is 7.28. The molecule has 0 spiro atoms. The number of para-hydroxylation sites is 1. The standard InChI is InChI=1S/C31H36N2O3/c1-20(2)18-25-26(31(25,5)6)30(35)33(19-24-16-11-17-36-24)28(23-14-8-7-9-15-23)29(34)32-27-21(3)12-10-13-22(27)4/h7-18,25-26,28H,19H2,1-6H3,(H,32,34)/t25-,26+,28+/m1/s1. The first-order valence-corrected chi connectivity index (χ1v) is 12.5. The number of carbonyl (C=O) groups is 2. The second-order valence-electron chi connectivity index (χ2n) is 10.7. The Hall–Kier alpha value is -3.60. The van der Waals surface area contributed by atoms with Crippen LogP contribution in [0.15, 0.2) is 83.0 Å².